The average molecular weight is 304 g/mol. The van der Waals surface area contributed by atoms with Gasteiger partial charge in [-0.05, 0) is 19.9 Å². The molecule has 2 rings (SSSR count). The topological polar surface area (TPSA) is 34.9 Å². The van der Waals surface area contributed by atoms with Crippen LogP contribution in [0, 0.1) is 13.8 Å². The van der Waals surface area contributed by atoms with E-state index in [0.717, 1.165) is 13.0 Å². The van der Waals surface area contributed by atoms with Gasteiger partial charge in [0.25, 0.3) is 5.91 Å². The lowest BCUT2D eigenvalue weighted by Gasteiger charge is -2.52. The first-order chi connectivity index (χ1) is 8.82. The molecule has 0 saturated heterocycles. The van der Waals surface area contributed by atoms with Gasteiger partial charge in [0, 0.05) is 5.69 Å². The molecule has 1 saturated carbocycles. The fourth-order valence-corrected chi connectivity index (χ4v) is 2.01. The number of aromatic nitrogens is 2. The van der Waals surface area contributed by atoms with Gasteiger partial charge in [0.2, 0.25) is 0 Å². The number of nitrogens with zero attached hydrogens (tertiary/aromatic N) is 2. The first-order valence-corrected chi connectivity index (χ1v) is 5.23. The predicted octanol–water partition coefficient (Wildman–Crippen LogP) is 2.77. The van der Waals surface area contributed by atoms with E-state index in [1.807, 2.05) is 0 Å². The van der Waals surface area contributed by atoms with Gasteiger partial charge in [-0.15, -0.1) is 0 Å². The molecule has 0 spiro atoms. The molecular weight excluding hydrogens is 297 g/mol. The maximum Gasteiger partial charge on any atom is 0.380 e. The first-order valence-electron chi connectivity index (χ1n) is 5.23. The molecule has 1 heterocycles. The Morgan fingerprint density at radius 3 is 1.80 bits per heavy atom. The Bertz CT molecular complexity index is 574. The van der Waals surface area contributed by atoms with Crippen LogP contribution in [-0.4, -0.2) is 39.1 Å². The summed E-state index contributed by atoms with van der Waals surface area (Å²) in [6.45, 7) is 2.39. The minimum Gasteiger partial charge on any atom is -0.268 e. The Kier molecular flexibility index (Phi) is 2.61. The highest BCUT2D eigenvalue weighted by atomic mass is 19.4. The average Bonchev–Trinajstić information content (AvgIpc) is 2.64. The van der Waals surface area contributed by atoms with Gasteiger partial charge in [-0.2, -0.15) is 31.4 Å². The third-order valence-electron chi connectivity index (χ3n) is 3.15. The minimum atomic E-state index is -5.94. The molecule has 0 unspecified atom stereocenters. The van der Waals surface area contributed by atoms with Gasteiger partial charge >= 0.3 is 23.4 Å². The van der Waals surface area contributed by atoms with Crippen molar-refractivity contribution >= 4 is 5.91 Å². The number of carbonyl (C=O) groups is 1. The molecule has 10 heteroatoms. The summed E-state index contributed by atoms with van der Waals surface area (Å²) in [6, 6.07) is 1.12. The largest absolute Gasteiger partial charge is 0.380 e. The zero-order chi connectivity index (χ0) is 15.7. The normalized spacial score (nSPS) is 25.1. The molecule has 0 aromatic carbocycles. The molecule has 1 fully saturated rings. The van der Waals surface area contributed by atoms with Crippen LogP contribution in [0.3, 0.4) is 0 Å². The first kappa shape index (κ1) is 14.8. The molecule has 1 aromatic heterocycles. The van der Waals surface area contributed by atoms with E-state index >= 15 is 0 Å². The van der Waals surface area contributed by atoms with Gasteiger partial charge < -0.3 is 0 Å². The third-order valence-corrected chi connectivity index (χ3v) is 3.15. The molecule has 1 aliphatic carbocycles. The van der Waals surface area contributed by atoms with Crippen LogP contribution in [0.4, 0.5) is 30.7 Å². The predicted molar refractivity (Wildman–Crippen MR) is 51.0 cm³/mol. The number of hydrogen-bond acceptors (Lipinski definition) is 2. The Balaban J connectivity index is 2.57. The van der Waals surface area contributed by atoms with E-state index in [9.17, 15) is 35.5 Å². The Labute approximate surface area is 107 Å². The molecular formula is C10H7F7N2O. The van der Waals surface area contributed by atoms with Crippen molar-refractivity contribution in [2.45, 2.75) is 37.3 Å². The molecule has 1 aliphatic rings. The van der Waals surface area contributed by atoms with E-state index in [0.29, 0.717) is 0 Å². The fourth-order valence-electron chi connectivity index (χ4n) is 2.01. The van der Waals surface area contributed by atoms with Crippen LogP contribution in [0.25, 0.3) is 0 Å². The van der Waals surface area contributed by atoms with Gasteiger partial charge in [-0.3, -0.25) is 4.79 Å². The molecule has 1 aromatic rings. The van der Waals surface area contributed by atoms with Crippen LogP contribution >= 0.6 is 0 Å². The van der Waals surface area contributed by atoms with Crippen molar-refractivity contribution in [3.8, 4) is 0 Å². The van der Waals surface area contributed by atoms with Crippen LogP contribution in [0.2, 0.25) is 0 Å². The summed E-state index contributed by atoms with van der Waals surface area (Å²) in [5, 5.41) is 3.25. The van der Waals surface area contributed by atoms with Gasteiger partial charge in [0.05, 0.1) is 5.69 Å². The summed E-state index contributed by atoms with van der Waals surface area (Å²) in [7, 11) is 0. The smallest absolute Gasteiger partial charge is 0.268 e. The third kappa shape index (κ3) is 1.22. The summed E-state index contributed by atoms with van der Waals surface area (Å²) in [5.41, 5.74) is -5.52. The Morgan fingerprint density at radius 1 is 1.00 bits per heavy atom. The van der Waals surface area contributed by atoms with E-state index < -0.39 is 29.3 Å². The Morgan fingerprint density at radius 2 is 1.45 bits per heavy atom. The summed E-state index contributed by atoms with van der Waals surface area (Å²) in [5.74, 6) is -20.1. The van der Waals surface area contributed by atoms with Crippen LogP contribution < -0.4 is 0 Å². The van der Waals surface area contributed by atoms with E-state index in [1.165, 1.54) is 6.92 Å². The summed E-state index contributed by atoms with van der Waals surface area (Å²) in [4.78, 5) is 11.5. The summed E-state index contributed by atoms with van der Waals surface area (Å²) in [6.07, 6.45) is 0. The lowest BCUT2D eigenvalue weighted by atomic mass is 9.69. The maximum atomic E-state index is 13.8. The molecule has 0 N–H and O–H groups in total. The van der Waals surface area contributed by atoms with Crippen molar-refractivity contribution < 1.29 is 35.5 Å². The van der Waals surface area contributed by atoms with Crippen molar-refractivity contribution in [1.82, 2.24) is 9.78 Å². The van der Waals surface area contributed by atoms with Crippen molar-refractivity contribution in [3.63, 3.8) is 0 Å². The van der Waals surface area contributed by atoms with E-state index in [2.05, 4.69) is 5.10 Å². The van der Waals surface area contributed by atoms with Crippen molar-refractivity contribution in [3.05, 3.63) is 17.5 Å². The second-order valence-electron chi connectivity index (χ2n) is 4.53. The highest BCUT2D eigenvalue weighted by Gasteiger charge is 3.02. The number of alkyl halides is 7. The van der Waals surface area contributed by atoms with Crippen LogP contribution in [-0.2, 0) is 0 Å². The molecule has 0 amide bonds. The number of hydrogen-bond donors (Lipinski definition) is 0. The second-order valence-corrected chi connectivity index (χ2v) is 4.53. The lowest BCUT2D eigenvalue weighted by molar-refractivity contribution is -0.456. The lowest BCUT2D eigenvalue weighted by Crippen LogP contribution is -2.87. The zero-order valence-electron chi connectivity index (χ0n) is 10.0. The van der Waals surface area contributed by atoms with Crippen LogP contribution in [0.5, 0.6) is 0 Å². The number of halogens is 7. The van der Waals surface area contributed by atoms with Crippen molar-refractivity contribution in [2.75, 3.05) is 0 Å². The molecule has 112 valence electrons. The molecule has 0 aliphatic heterocycles. The summed E-state index contributed by atoms with van der Waals surface area (Å²) >= 11 is 0. The van der Waals surface area contributed by atoms with Gasteiger partial charge in [0.15, 0.2) is 0 Å². The second kappa shape index (κ2) is 3.53. The monoisotopic (exact) mass is 304 g/mol. The molecule has 0 bridgehead atoms. The highest BCUT2D eigenvalue weighted by Crippen LogP contribution is 2.69. The van der Waals surface area contributed by atoms with E-state index in [1.54, 1.807) is 0 Å². The fraction of sp³-hybridized carbons (Fsp3) is 0.600. The van der Waals surface area contributed by atoms with Crippen LogP contribution in [0.1, 0.15) is 16.2 Å². The van der Waals surface area contributed by atoms with Gasteiger partial charge in [0.1, 0.15) is 0 Å². The van der Waals surface area contributed by atoms with Crippen molar-refractivity contribution in [1.29, 1.82) is 0 Å². The van der Waals surface area contributed by atoms with Gasteiger partial charge in [-0.25, -0.2) is 9.07 Å². The SMILES string of the molecule is Cc1cc(C)n(C(=O)C2(F)C(F)(F)C(F)(F)C2(F)F)n1. The molecule has 0 atom stereocenters. The number of carbonyl (C=O) groups excluding carboxylic acids is 1. The Hall–Kier alpha value is -1.61. The quantitative estimate of drug-likeness (QED) is 0.748. The number of rotatable bonds is 1. The molecule has 20 heavy (non-hydrogen) atoms. The number of aryl methyl sites for hydroxylation is 2. The minimum absolute atomic E-state index is 0.0529. The molecule has 0 radical (unpaired) electrons. The summed E-state index contributed by atoms with van der Waals surface area (Å²) < 4.78 is 91.3. The van der Waals surface area contributed by atoms with Crippen molar-refractivity contribution in [2.24, 2.45) is 0 Å². The zero-order valence-corrected chi connectivity index (χ0v) is 10.0. The maximum absolute atomic E-state index is 13.8. The standard InChI is InChI=1S/C10H7F7N2O/c1-4-3-5(2)19(18-4)6(20)7(11)8(12,13)10(16,17)9(7,14)15/h3H,1-2H3. The van der Waals surface area contributed by atoms with Crippen LogP contribution in [0.15, 0.2) is 6.07 Å². The van der Waals surface area contributed by atoms with Gasteiger partial charge in [-0.1, -0.05) is 0 Å². The molecule has 3 nitrogen and oxygen atoms in total. The van der Waals surface area contributed by atoms with E-state index in [4.69, 9.17) is 0 Å². The van der Waals surface area contributed by atoms with E-state index in [-0.39, 0.29) is 16.1 Å². The highest BCUT2D eigenvalue weighted by molar-refractivity contribution is 5.92.